The van der Waals surface area contributed by atoms with Crippen LogP contribution in [0.5, 0.6) is 0 Å². The van der Waals surface area contributed by atoms with E-state index in [9.17, 15) is 0 Å². The monoisotopic (exact) mass is 330 g/mol. The highest BCUT2D eigenvalue weighted by atomic mass is 13.9. The van der Waals surface area contributed by atoms with Gasteiger partial charge in [-0.25, -0.2) is 0 Å². The molecule has 0 aliphatic carbocycles. The van der Waals surface area contributed by atoms with Crippen LogP contribution in [0.1, 0.15) is 37.5 Å². The first-order valence-corrected chi connectivity index (χ1v) is 9.00. The molecule has 0 unspecified atom stereocenters. The van der Waals surface area contributed by atoms with Gasteiger partial charge in [0.05, 0.1) is 0 Å². The van der Waals surface area contributed by atoms with E-state index in [0.717, 1.165) is 0 Å². The van der Waals surface area contributed by atoms with E-state index in [1.807, 2.05) is 39.0 Å². The van der Waals surface area contributed by atoms with E-state index in [4.69, 9.17) is 0 Å². The summed E-state index contributed by atoms with van der Waals surface area (Å²) in [5.74, 6) is 0. The van der Waals surface area contributed by atoms with Gasteiger partial charge in [0.25, 0.3) is 0 Å². The van der Waals surface area contributed by atoms with Crippen molar-refractivity contribution in [2.45, 2.75) is 34.6 Å². The van der Waals surface area contributed by atoms with Crippen molar-refractivity contribution in [3.8, 4) is 0 Å². The Balaban J connectivity index is 0.000000228. The van der Waals surface area contributed by atoms with Gasteiger partial charge in [0.15, 0.2) is 0 Å². The highest BCUT2D eigenvalue weighted by Crippen LogP contribution is 2.14. The van der Waals surface area contributed by atoms with Crippen LogP contribution in [0, 0.1) is 13.8 Å². The third kappa shape index (κ3) is 7.67. The summed E-state index contributed by atoms with van der Waals surface area (Å²) in [5, 5.41) is 2.64. The number of aryl methyl sites for hydroxylation is 2. The molecule has 0 aromatic heterocycles. The summed E-state index contributed by atoms with van der Waals surface area (Å²) in [6.45, 7) is 10.2. The van der Waals surface area contributed by atoms with Crippen molar-refractivity contribution in [3.63, 3.8) is 0 Å². The van der Waals surface area contributed by atoms with Crippen LogP contribution in [0.3, 0.4) is 0 Å². The Morgan fingerprint density at radius 3 is 1.88 bits per heavy atom. The average Bonchev–Trinajstić information content (AvgIpc) is 2.66. The maximum atomic E-state index is 2.20. The molecule has 0 aliphatic rings. The second-order valence-electron chi connectivity index (χ2n) is 5.65. The summed E-state index contributed by atoms with van der Waals surface area (Å²) in [7, 11) is 0. The van der Waals surface area contributed by atoms with Crippen LogP contribution in [0.4, 0.5) is 0 Å². The summed E-state index contributed by atoms with van der Waals surface area (Å²) in [6.07, 6.45) is 8.19. The minimum absolute atomic E-state index is 1.25. The Hall–Kier alpha value is -2.60. The second kappa shape index (κ2) is 11.9. The summed E-state index contributed by atoms with van der Waals surface area (Å²) in [6, 6.07) is 23.4. The van der Waals surface area contributed by atoms with E-state index >= 15 is 0 Å². The normalized spacial score (nSPS) is 10.3. The van der Waals surface area contributed by atoms with Gasteiger partial charge in [0.1, 0.15) is 0 Å². The topological polar surface area (TPSA) is 0 Å². The molecule has 3 aromatic carbocycles. The van der Waals surface area contributed by atoms with Crippen LogP contribution < -0.4 is 0 Å². The largest absolute Gasteiger partial charge is 0.0877 e. The summed E-state index contributed by atoms with van der Waals surface area (Å²) in [5.41, 5.74) is 3.88. The SMILES string of the molecule is C/C=C\C=C/c1ccc(C)cc1.CC.Cc1ccc2ccccc2c1. The number of rotatable bonds is 2. The van der Waals surface area contributed by atoms with Gasteiger partial charge in [-0.15, -0.1) is 0 Å². The van der Waals surface area contributed by atoms with Gasteiger partial charge in [-0.3, -0.25) is 0 Å². The number of allylic oxidation sites excluding steroid dienone is 3. The molecule has 0 fully saturated rings. The smallest absolute Gasteiger partial charge is 0.0181 e. The lowest BCUT2D eigenvalue weighted by molar-refractivity contribution is 1.46. The zero-order valence-electron chi connectivity index (χ0n) is 16.2. The van der Waals surface area contributed by atoms with E-state index in [0.29, 0.717) is 0 Å². The molecular formula is C25H30. The third-order valence-corrected chi connectivity index (χ3v) is 3.57. The van der Waals surface area contributed by atoms with Gasteiger partial charge in [0, 0.05) is 0 Å². The van der Waals surface area contributed by atoms with Crippen molar-refractivity contribution in [1.82, 2.24) is 0 Å². The van der Waals surface area contributed by atoms with E-state index in [2.05, 4.69) is 86.7 Å². The molecule has 130 valence electrons. The molecule has 0 saturated heterocycles. The number of hydrogen-bond donors (Lipinski definition) is 0. The molecule has 0 bridgehead atoms. The van der Waals surface area contributed by atoms with Gasteiger partial charge in [0.2, 0.25) is 0 Å². The molecule has 0 N–H and O–H groups in total. The molecule has 3 rings (SSSR count). The number of hydrogen-bond acceptors (Lipinski definition) is 0. The van der Waals surface area contributed by atoms with Crippen LogP contribution in [-0.2, 0) is 0 Å². The van der Waals surface area contributed by atoms with Crippen molar-refractivity contribution in [3.05, 3.63) is 102 Å². The molecule has 0 radical (unpaired) electrons. The minimum atomic E-state index is 1.25. The highest BCUT2D eigenvalue weighted by Gasteiger charge is 1.89. The van der Waals surface area contributed by atoms with Crippen LogP contribution in [-0.4, -0.2) is 0 Å². The lowest BCUT2D eigenvalue weighted by atomic mass is 10.1. The zero-order chi connectivity index (χ0) is 18.5. The summed E-state index contributed by atoms with van der Waals surface area (Å²) in [4.78, 5) is 0. The predicted molar refractivity (Wildman–Crippen MR) is 115 cm³/mol. The molecule has 25 heavy (non-hydrogen) atoms. The molecule has 0 atom stereocenters. The van der Waals surface area contributed by atoms with Crippen molar-refractivity contribution < 1.29 is 0 Å². The molecular weight excluding hydrogens is 300 g/mol. The first-order valence-electron chi connectivity index (χ1n) is 9.00. The van der Waals surface area contributed by atoms with E-state index < -0.39 is 0 Å². The van der Waals surface area contributed by atoms with Gasteiger partial charge in [-0.05, 0) is 37.1 Å². The van der Waals surface area contributed by atoms with E-state index in [-0.39, 0.29) is 0 Å². The van der Waals surface area contributed by atoms with Gasteiger partial charge in [-0.2, -0.15) is 0 Å². The van der Waals surface area contributed by atoms with Crippen molar-refractivity contribution >= 4 is 16.8 Å². The second-order valence-corrected chi connectivity index (χ2v) is 5.65. The number of benzene rings is 3. The predicted octanol–water partition coefficient (Wildman–Crippen LogP) is 7.76. The maximum Gasteiger partial charge on any atom is -0.0181 e. The first-order chi connectivity index (χ1) is 12.2. The van der Waals surface area contributed by atoms with Crippen LogP contribution in [0.15, 0.2) is 85.0 Å². The van der Waals surface area contributed by atoms with Crippen LogP contribution in [0.25, 0.3) is 16.8 Å². The van der Waals surface area contributed by atoms with E-state index in [1.165, 1.54) is 27.5 Å². The molecule has 0 amide bonds. The lowest BCUT2D eigenvalue weighted by Gasteiger charge is -1.96. The lowest BCUT2D eigenvalue weighted by Crippen LogP contribution is -1.73. The Bertz CT molecular complexity index is 790. The molecule has 3 aromatic rings. The molecule has 0 aliphatic heterocycles. The third-order valence-electron chi connectivity index (χ3n) is 3.57. The fourth-order valence-electron chi connectivity index (χ4n) is 2.26. The van der Waals surface area contributed by atoms with Crippen LogP contribution in [0.2, 0.25) is 0 Å². The van der Waals surface area contributed by atoms with Crippen molar-refractivity contribution in [2.24, 2.45) is 0 Å². The summed E-state index contributed by atoms with van der Waals surface area (Å²) < 4.78 is 0. The molecule has 0 spiro atoms. The molecule has 0 heteroatoms. The zero-order valence-corrected chi connectivity index (χ0v) is 16.2. The maximum absolute atomic E-state index is 2.20. The first kappa shape index (κ1) is 20.4. The molecule has 0 nitrogen and oxygen atoms in total. The Morgan fingerprint density at radius 1 is 0.640 bits per heavy atom. The Labute approximate surface area is 153 Å². The standard InChI is InChI=1S/C12H14.C11H10.C2H6/c1-3-4-5-6-12-9-7-11(2)8-10-12;1-9-6-7-10-4-2-3-5-11(10)8-9;1-2/h3-10H,1-2H3;2-8H,1H3;1-2H3/b4-3-,6-5-;;. The average molecular weight is 331 g/mol. The van der Waals surface area contributed by atoms with Gasteiger partial charge < -0.3 is 0 Å². The Morgan fingerprint density at radius 2 is 1.24 bits per heavy atom. The van der Waals surface area contributed by atoms with Crippen molar-refractivity contribution in [1.29, 1.82) is 0 Å². The summed E-state index contributed by atoms with van der Waals surface area (Å²) >= 11 is 0. The fraction of sp³-hybridized carbons (Fsp3) is 0.200. The van der Waals surface area contributed by atoms with E-state index in [1.54, 1.807) is 0 Å². The fourth-order valence-corrected chi connectivity index (χ4v) is 2.26. The van der Waals surface area contributed by atoms with Crippen LogP contribution >= 0.6 is 0 Å². The molecule has 0 saturated carbocycles. The van der Waals surface area contributed by atoms with Gasteiger partial charge in [-0.1, -0.05) is 116 Å². The highest BCUT2D eigenvalue weighted by molar-refractivity contribution is 5.82. The van der Waals surface area contributed by atoms with Gasteiger partial charge >= 0.3 is 0 Å². The Kier molecular flexibility index (Phi) is 9.70. The minimum Gasteiger partial charge on any atom is -0.0877 e. The molecule has 0 heterocycles. The van der Waals surface area contributed by atoms with Crippen molar-refractivity contribution in [2.75, 3.05) is 0 Å². The number of fused-ring (bicyclic) bond motifs is 1. The quantitative estimate of drug-likeness (QED) is 0.421.